The summed E-state index contributed by atoms with van der Waals surface area (Å²) in [5, 5.41) is 2.95. The summed E-state index contributed by atoms with van der Waals surface area (Å²) in [6.45, 7) is 5.12. The molecule has 0 saturated heterocycles. The van der Waals surface area contributed by atoms with Crippen LogP contribution in [0.4, 0.5) is 4.39 Å². The van der Waals surface area contributed by atoms with Crippen molar-refractivity contribution in [3.63, 3.8) is 0 Å². The highest BCUT2D eigenvalue weighted by Gasteiger charge is 2.14. The van der Waals surface area contributed by atoms with Crippen molar-refractivity contribution in [1.29, 1.82) is 0 Å². The van der Waals surface area contributed by atoms with Gasteiger partial charge in [-0.15, -0.1) is 0 Å². The first kappa shape index (κ1) is 21.5. The number of nitrogens with one attached hydrogen (secondary N) is 1. The summed E-state index contributed by atoms with van der Waals surface area (Å²) < 4.78 is 24.7. The van der Waals surface area contributed by atoms with Crippen LogP contribution >= 0.6 is 0 Å². The Hall–Kier alpha value is -3.18. The monoisotopic (exact) mass is 407 g/mol. The van der Waals surface area contributed by atoms with Gasteiger partial charge in [0.1, 0.15) is 11.6 Å². The summed E-state index contributed by atoms with van der Waals surface area (Å²) in [6, 6.07) is 21.1. The summed E-state index contributed by atoms with van der Waals surface area (Å²) in [7, 11) is 0. The number of halogens is 1. The van der Waals surface area contributed by atoms with Crippen molar-refractivity contribution in [3.8, 4) is 5.75 Å². The van der Waals surface area contributed by atoms with Crippen molar-refractivity contribution in [2.24, 2.45) is 0 Å². The third kappa shape index (κ3) is 5.91. The first-order valence-corrected chi connectivity index (χ1v) is 10.0. The minimum absolute atomic E-state index is 0.209. The maximum absolute atomic E-state index is 13.1. The molecule has 0 aliphatic rings. The zero-order valence-corrected chi connectivity index (χ0v) is 17.2. The van der Waals surface area contributed by atoms with Crippen LogP contribution in [0.15, 0.2) is 72.8 Å². The number of hydrogen-bond donors (Lipinski definition) is 1. The average Bonchev–Trinajstić information content (AvgIpc) is 2.76. The summed E-state index contributed by atoms with van der Waals surface area (Å²) >= 11 is 0. The van der Waals surface area contributed by atoms with Gasteiger partial charge in [0.25, 0.3) is 5.91 Å². The molecular formula is C25H26FNO3. The lowest BCUT2D eigenvalue weighted by atomic mass is 10.1. The number of benzene rings is 3. The quantitative estimate of drug-likeness (QED) is 0.514. The van der Waals surface area contributed by atoms with Crippen molar-refractivity contribution in [1.82, 2.24) is 5.32 Å². The lowest BCUT2D eigenvalue weighted by Crippen LogP contribution is -2.26. The molecule has 1 amide bonds. The van der Waals surface area contributed by atoms with Crippen molar-refractivity contribution in [3.05, 3.63) is 101 Å². The minimum Gasteiger partial charge on any atom is -0.494 e. The second kappa shape index (κ2) is 10.6. The van der Waals surface area contributed by atoms with Crippen LogP contribution in [0.2, 0.25) is 0 Å². The zero-order valence-electron chi connectivity index (χ0n) is 17.2. The molecule has 0 bridgehead atoms. The van der Waals surface area contributed by atoms with Gasteiger partial charge in [-0.2, -0.15) is 0 Å². The molecule has 0 radical (unpaired) electrons. The minimum atomic E-state index is -0.302. The summed E-state index contributed by atoms with van der Waals surface area (Å²) in [5.74, 6) is 0.191. The van der Waals surface area contributed by atoms with E-state index in [0.717, 1.165) is 16.7 Å². The van der Waals surface area contributed by atoms with Crippen LogP contribution in [0.3, 0.4) is 0 Å². The summed E-state index contributed by atoms with van der Waals surface area (Å²) in [4.78, 5) is 12.7. The molecule has 5 heteroatoms. The standard InChI is InChI=1S/C25H26FNO3/c1-3-30-24-14-11-21(15-22(24)17-29-16-19-7-5-4-6-8-19)25(28)27-18(2)20-9-12-23(26)13-10-20/h4-15,18H,3,16-17H2,1-2H3,(H,27,28)/t18-/m0/s1. The Morgan fingerprint density at radius 1 is 1.00 bits per heavy atom. The van der Waals surface area contributed by atoms with Crippen molar-refractivity contribution in [2.45, 2.75) is 33.1 Å². The molecule has 0 aliphatic carbocycles. The second-order valence-corrected chi connectivity index (χ2v) is 6.98. The van der Waals surface area contributed by atoms with Crippen molar-refractivity contribution in [2.75, 3.05) is 6.61 Å². The normalized spacial score (nSPS) is 11.7. The predicted molar refractivity (Wildman–Crippen MR) is 115 cm³/mol. The van der Waals surface area contributed by atoms with E-state index in [4.69, 9.17) is 9.47 Å². The highest BCUT2D eigenvalue weighted by molar-refractivity contribution is 5.94. The number of hydrogen-bond acceptors (Lipinski definition) is 3. The molecular weight excluding hydrogens is 381 g/mol. The molecule has 0 spiro atoms. The maximum atomic E-state index is 13.1. The van der Waals surface area contributed by atoms with E-state index in [1.54, 1.807) is 30.3 Å². The largest absolute Gasteiger partial charge is 0.494 e. The van der Waals surface area contributed by atoms with E-state index < -0.39 is 0 Å². The second-order valence-electron chi connectivity index (χ2n) is 6.98. The molecule has 3 rings (SSSR count). The molecule has 1 atom stereocenters. The predicted octanol–water partition coefficient (Wildman–Crippen LogP) is 5.43. The molecule has 156 valence electrons. The van der Waals surface area contributed by atoms with Crippen molar-refractivity contribution < 1.29 is 18.7 Å². The zero-order chi connectivity index (χ0) is 21.3. The number of amides is 1. The highest BCUT2D eigenvalue weighted by Crippen LogP contribution is 2.23. The van der Waals surface area contributed by atoms with Gasteiger partial charge < -0.3 is 14.8 Å². The van der Waals surface area contributed by atoms with Crippen LogP contribution in [0.5, 0.6) is 5.75 Å². The molecule has 30 heavy (non-hydrogen) atoms. The van der Waals surface area contributed by atoms with E-state index in [1.807, 2.05) is 44.2 Å². The number of carbonyl (C=O) groups excluding carboxylic acids is 1. The first-order chi connectivity index (χ1) is 14.6. The fourth-order valence-electron chi connectivity index (χ4n) is 3.10. The molecule has 0 aromatic heterocycles. The molecule has 4 nitrogen and oxygen atoms in total. The van der Waals surface area contributed by atoms with Gasteiger partial charge in [-0.3, -0.25) is 4.79 Å². The van der Waals surface area contributed by atoms with E-state index in [2.05, 4.69) is 5.32 Å². The molecule has 0 saturated carbocycles. The Kier molecular flexibility index (Phi) is 7.57. The smallest absolute Gasteiger partial charge is 0.251 e. The summed E-state index contributed by atoms with van der Waals surface area (Å²) in [5.41, 5.74) is 3.25. The molecule has 0 unspecified atom stereocenters. The average molecular weight is 407 g/mol. The number of rotatable bonds is 9. The Morgan fingerprint density at radius 3 is 2.43 bits per heavy atom. The van der Waals surface area contributed by atoms with Crippen LogP contribution < -0.4 is 10.1 Å². The fraction of sp³-hybridized carbons (Fsp3) is 0.240. The Labute approximate surface area is 176 Å². The Balaban J connectivity index is 1.68. The Bertz CT molecular complexity index is 958. The lowest BCUT2D eigenvalue weighted by Gasteiger charge is -2.16. The van der Waals surface area contributed by atoms with Gasteiger partial charge in [-0.05, 0) is 55.3 Å². The van der Waals surface area contributed by atoms with E-state index in [-0.39, 0.29) is 17.8 Å². The fourth-order valence-corrected chi connectivity index (χ4v) is 3.10. The van der Waals surface area contributed by atoms with E-state index in [0.29, 0.717) is 31.1 Å². The number of ether oxygens (including phenoxy) is 2. The highest BCUT2D eigenvalue weighted by atomic mass is 19.1. The summed E-state index contributed by atoms with van der Waals surface area (Å²) in [6.07, 6.45) is 0. The molecule has 3 aromatic rings. The molecule has 1 N–H and O–H groups in total. The van der Waals surface area contributed by atoms with Crippen molar-refractivity contribution >= 4 is 5.91 Å². The third-order valence-corrected chi connectivity index (χ3v) is 4.71. The van der Waals surface area contributed by atoms with Crippen LogP contribution in [0.1, 0.15) is 46.9 Å². The van der Waals surface area contributed by atoms with Crippen LogP contribution in [-0.4, -0.2) is 12.5 Å². The van der Waals surface area contributed by atoms with Gasteiger partial charge in [-0.25, -0.2) is 4.39 Å². The molecule has 0 aliphatic heterocycles. The molecule has 3 aromatic carbocycles. The maximum Gasteiger partial charge on any atom is 0.251 e. The van der Waals surface area contributed by atoms with Gasteiger partial charge in [-0.1, -0.05) is 42.5 Å². The third-order valence-electron chi connectivity index (χ3n) is 4.71. The van der Waals surface area contributed by atoms with Gasteiger partial charge in [0, 0.05) is 11.1 Å². The van der Waals surface area contributed by atoms with E-state index >= 15 is 0 Å². The van der Waals surface area contributed by atoms with Crippen LogP contribution in [-0.2, 0) is 18.0 Å². The van der Waals surface area contributed by atoms with E-state index in [1.165, 1.54) is 12.1 Å². The SMILES string of the molecule is CCOc1ccc(C(=O)N[C@@H](C)c2ccc(F)cc2)cc1COCc1ccccc1. The first-order valence-electron chi connectivity index (χ1n) is 10.0. The molecule has 0 fully saturated rings. The molecule has 0 heterocycles. The van der Waals surface area contributed by atoms with Gasteiger partial charge in [0.2, 0.25) is 0 Å². The Morgan fingerprint density at radius 2 is 1.73 bits per heavy atom. The van der Waals surface area contributed by atoms with Crippen LogP contribution in [0.25, 0.3) is 0 Å². The van der Waals surface area contributed by atoms with Gasteiger partial charge >= 0.3 is 0 Å². The van der Waals surface area contributed by atoms with E-state index in [9.17, 15) is 9.18 Å². The number of carbonyl (C=O) groups is 1. The lowest BCUT2D eigenvalue weighted by molar-refractivity contribution is 0.0937. The van der Waals surface area contributed by atoms with Crippen LogP contribution in [0, 0.1) is 5.82 Å². The topological polar surface area (TPSA) is 47.6 Å². The van der Waals surface area contributed by atoms with Gasteiger partial charge in [0.15, 0.2) is 0 Å². The van der Waals surface area contributed by atoms with Gasteiger partial charge in [0.05, 0.1) is 25.9 Å².